The van der Waals surface area contributed by atoms with Gasteiger partial charge in [0.15, 0.2) is 6.61 Å². The Morgan fingerprint density at radius 3 is 2.57 bits per heavy atom. The maximum absolute atomic E-state index is 12.0. The number of nitrogens with one attached hydrogen (secondary N) is 1. The van der Waals surface area contributed by atoms with E-state index >= 15 is 0 Å². The molecule has 0 bridgehead atoms. The van der Waals surface area contributed by atoms with Crippen molar-refractivity contribution >= 4 is 29.1 Å². The first kappa shape index (κ1) is 16.8. The van der Waals surface area contributed by atoms with Gasteiger partial charge in [-0.1, -0.05) is 23.7 Å². The van der Waals surface area contributed by atoms with Crippen molar-refractivity contribution in [3.63, 3.8) is 0 Å². The largest absolute Gasteiger partial charge is 0.483 e. The highest BCUT2D eigenvalue weighted by atomic mass is 35.5. The molecule has 2 aromatic rings. The Hall–Kier alpha value is -2.53. The lowest BCUT2D eigenvalue weighted by Crippen LogP contribution is -2.21. The van der Waals surface area contributed by atoms with E-state index in [4.69, 9.17) is 22.1 Å². The van der Waals surface area contributed by atoms with Gasteiger partial charge in [0.05, 0.1) is 5.56 Å². The van der Waals surface area contributed by atoms with Crippen LogP contribution in [0.15, 0.2) is 36.4 Å². The third-order valence-corrected chi connectivity index (χ3v) is 3.62. The molecule has 0 aromatic heterocycles. The van der Waals surface area contributed by atoms with Gasteiger partial charge in [-0.2, -0.15) is 0 Å². The zero-order valence-electron chi connectivity index (χ0n) is 12.9. The van der Waals surface area contributed by atoms with Crippen LogP contribution in [0.25, 0.3) is 0 Å². The molecule has 0 heterocycles. The van der Waals surface area contributed by atoms with E-state index in [9.17, 15) is 9.59 Å². The van der Waals surface area contributed by atoms with Gasteiger partial charge in [-0.3, -0.25) is 9.59 Å². The molecule has 0 aliphatic rings. The van der Waals surface area contributed by atoms with Gasteiger partial charge in [0.25, 0.3) is 11.8 Å². The number of carbonyl (C=O) groups is 2. The number of benzene rings is 2. The number of halogens is 1. The minimum absolute atomic E-state index is 0.238. The monoisotopic (exact) mass is 332 g/mol. The molecule has 0 aliphatic carbocycles. The first-order valence-electron chi connectivity index (χ1n) is 6.96. The molecule has 120 valence electrons. The minimum atomic E-state index is -0.606. The van der Waals surface area contributed by atoms with Crippen LogP contribution in [-0.2, 0) is 4.79 Å². The van der Waals surface area contributed by atoms with Crippen molar-refractivity contribution < 1.29 is 14.3 Å². The fourth-order valence-electron chi connectivity index (χ4n) is 1.96. The molecule has 23 heavy (non-hydrogen) atoms. The molecule has 0 fully saturated rings. The van der Waals surface area contributed by atoms with Crippen molar-refractivity contribution in [1.29, 1.82) is 0 Å². The summed E-state index contributed by atoms with van der Waals surface area (Å²) in [6.07, 6.45) is 0. The predicted octanol–water partition coefficient (Wildman–Crippen LogP) is 3.07. The lowest BCUT2D eigenvalue weighted by molar-refractivity contribution is -0.118. The van der Waals surface area contributed by atoms with E-state index in [0.717, 1.165) is 11.1 Å². The number of nitrogens with two attached hydrogens (primary N) is 1. The van der Waals surface area contributed by atoms with Crippen LogP contribution in [0.3, 0.4) is 0 Å². The second-order valence-corrected chi connectivity index (χ2v) is 5.57. The summed E-state index contributed by atoms with van der Waals surface area (Å²) in [6.45, 7) is 3.49. The average molecular weight is 333 g/mol. The lowest BCUT2D eigenvalue weighted by Gasteiger charge is -2.11. The Bertz CT molecular complexity index is 759. The van der Waals surface area contributed by atoms with Gasteiger partial charge < -0.3 is 15.8 Å². The number of primary amides is 1. The summed E-state index contributed by atoms with van der Waals surface area (Å²) >= 11 is 6.01. The average Bonchev–Trinajstić information content (AvgIpc) is 2.48. The van der Waals surface area contributed by atoms with E-state index in [-0.39, 0.29) is 23.8 Å². The molecule has 5 nitrogen and oxygen atoms in total. The Labute approximate surface area is 139 Å². The lowest BCUT2D eigenvalue weighted by atomic mass is 10.1. The molecule has 0 radical (unpaired) electrons. The van der Waals surface area contributed by atoms with E-state index in [2.05, 4.69) is 5.32 Å². The molecule has 0 spiro atoms. The molecule has 2 aromatic carbocycles. The molecular weight excluding hydrogens is 316 g/mol. The van der Waals surface area contributed by atoms with Crippen molar-refractivity contribution in [2.24, 2.45) is 5.73 Å². The second-order valence-electron chi connectivity index (χ2n) is 5.16. The quantitative estimate of drug-likeness (QED) is 0.882. The van der Waals surface area contributed by atoms with Crippen LogP contribution in [0.1, 0.15) is 21.5 Å². The smallest absolute Gasteiger partial charge is 0.262 e. The van der Waals surface area contributed by atoms with Crippen molar-refractivity contribution in [2.75, 3.05) is 11.9 Å². The van der Waals surface area contributed by atoms with E-state index in [1.54, 1.807) is 30.3 Å². The Morgan fingerprint density at radius 1 is 1.17 bits per heavy atom. The zero-order chi connectivity index (χ0) is 17.0. The van der Waals surface area contributed by atoms with Crippen LogP contribution < -0.4 is 15.8 Å². The zero-order valence-corrected chi connectivity index (χ0v) is 13.6. The molecular formula is C17H17ClN2O3. The van der Waals surface area contributed by atoms with Gasteiger partial charge in [-0.15, -0.1) is 0 Å². The van der Waals surface area contributed by atoms with Gasteiger partial charge in [-0.05, 0) is 49.2 Å². The molecule has 2 amide bonds. The molecule has 0 saturated heterocycles. The van der Waals surface area contributed by atoms with Crippen LogP contribution in [0.5, 0.6) is 5.75 Å². The molecule has 0 aliphatic heterocycles. The highest BCUT2D eigenvalue weighted by Gasteiger charge is 2.12. The van der Waals surface area contributed by atoms with Crippen LogP contribution >= 0.6 is 11.6 Å². The van der Waals surface area contributed by atoms with E-state index < -0.39 is 5.91 Å². The summed E-state index contributed by atoms with van der Waals surface area (Å²) in [5, 5.41) is 3.25. The topological polar surface area (TPSA) is 81.4 Å². The molecule has 0 atom stereocenters. The summed E-state index contributed by atoms with van der Waals surface area (Å²) in [5.41, 5.74) is 7.93. The Balaban J connectivity index is 2.03. The Morgan fingerprint density at radius 2 is 1.91 bits per heavy atom. The highest BCUT2D eigenvalue weighted by molar-refractivity contribution is 6.31. The summed E-state index contributed by atoms with van der Waals surface area (Å²) in [5.74, 6) is -0.679. The van der Waals surface area contributed by atoms with Gasteiger partial charge in [0.2, 0.25) is 0 Å². The molecule has 6 heteroatoms. The van der Waals surface area contributed by atoms with Crippen LogP contribution in [-0.4, -0.2) is 18.4 Å². The van der Waals surface area contributed by atoms with Crippen LogP contribution in [0.2, 0.25) is 5.02 Å². The number of hydrogen-bond donors (Lipinski definition) is 2. The van der Waals surface area contributed by atoms with Gasteiger partial charge in [0.1, 0.15) is 5.75 Å². The predicted molar refractivity (Wildman–Crippen MR) is 90.0 cm³/mol. The first-order chi connectivity index (χ1) is 10.9. The summed E-state index contributed by atoms with van der Waals surface area (Å²) < 4.78 is 5.42. The molecule has 2 rings (SSSR count). The van der Waals surface area contributed by atoms with Crippen LogP contribution in [0, 0.1) is 13.8 Å². The number of anilines is 1. The van der Waals surface area contributed by atoms with E-state index in [1.807, 2.05) is 19.9 Å². The highest BCUT2D eigenvalue weighted by Crippen LogP contribution is 2.21. The SMILES string of the molecule is Cc1ccc(C(N)=O)c(OCC(=O)Nc2ccc(C)c(Cl)c2)c1. The van der Waals surface area contributed by atoms with Gasteiger partial charge in [0, 0.05) is 10.7 Å². The second kappa shape index (κ2) is 7.15. The number of ether oxygens (including phenoxy) is 1. The maximum atomic E-state index is 12.0. The van der Waals surface area contributed by atoms with Crippen molar-refractivity contribution in [3.05, 3.63) is 58.1 Å². The van der Waals surface area contributed by atoms with E-state index in [1.165, 1.54) is 0 Å². The standard InChI is InChI=1S/C17H17ClN2O3/c1-10-3-6-13(17(19)22)15(7-10)23-9-16(21)20-12-5-4-11(2)14(18)8-12/h3-8H,9H2,1-2H3,(H2,19,22)(H,20,21). The molecule has 3 N–H and O–H groups in total. The fourth-order valence-corrected chi connectivity index (χ4v) is 2.14. The number of carbonyl (C=O) groups excluding carboxylic acids is 2. The number of amides is 2. The summed E-state index contributed by atoms with van der Waals surface area (Å²) in [4.78, 5) is 23.3. The summed E-state index contributed by atoms with van der Waals surface area (Å²) in [7, 11) is 0. The number of aryl methyl sites for hydroxylation is 2. The maximum Gasteiger partial charge on any atom is 0.262 e. The molecule has 0 unspecified atom stereocenters. The Kier molecular flexibility index (Phi) is 5.24. The van der Waals surface area contributed by atoms with Crippen molar-refractivity contribution in [1.82, 2.24) is 0 Å². The van der Waals surface area contributed by atoms with Crippen molar-refractivity contribution in [2.45, 2.75) is 13.8 Å². The minimum Gasteiger partial charge on any atom is -0.483 e. The fraction of sp³-hybridized carbons (Fsp3) is 0.176. The third kappa shape index (κ3) is 4.47. The summed E-state index contributed by atoms with van der Waals surface area (Å²) in [6, 6.07) is 10.2. The van der Waals surface area contributed by atoms with Crippen molar-refractivity contribution in [3.8, 4) is 5.75 Å². The first-order valence-corrected chi connectivity index (χ1v) is 7.34. The van der Waals surface area contributed by atoms with E-state index in [0.29, 0.717) is 10.7 Å². The van der Waals surface area contributed by atoms with Gasteiger partial charge >= 0.3 is 0 Å². The number of rotatable bonds is 5. The third-order valence-electron chi connectivity index (χ3n) is 3.22. The number of hydrogen-bond acceptors (Lipinski definition) is 3. The normalized spacial score (nSPS) is 10.2. The van der Waals surface area contributed by atoms with Gasteiger partial charge in [-0.25, -0.2) is 0 Å². The van der Waals surface area contributed by atoms with Crippen LogP contribution in [0.4, 0.5) is 5.69 Å². The molecule has 0 saturated carbocycles.